The highest BCUT2D eigenvalue weighted by atomic mass is 16.5. The van der Waals surface area contributed by atoms with Gasteiger partial charge in [-0.1, -0.05) is 12.1 Å². The smallest absolute Gasteiger partial charge is 0.256 e. The van der Waals surface area contributed by atoms with E-state index in [2.05, 4.69) is 10.4 Å². The number of hydrogen-bond donors (Lipinski definition) is 1. The Balaban J connectivity index is 1.73. The van der Waals surface area contributed by atoms with Crippen molar-refractivity contribution < 1.29 is 9.53 Å². The molecule has 2 aromatic heterocycles. The molecule has 0 spiro atoms. The van der Waals surface area contributed by atoms with Crippen molar-refractivity contribution in [1.82, 2.24) is 14.8 Å². The van der Waals surface area contributed by atoms with Gasteiger partial charge in [0.15, 0.2) is 5.65 Å². The average Bonchev–Trinajstić information content (AvgIpc) is 3.42. The van der Waals surface area contributed by atoms with Crippen molar-refractivity contribution in [2.75, 3.05) is 12.4 Å². The molecule has 1 amide bonds. The molecule has 1 aromatic carbocycles. The Bertz CT molecular complexity index is 989. The second kappa shape index (κ2) is 6.53. The van der Waals surface area contributed by atoms with Crippen LogP contribution in [0.5, 0.6) is 0 Å². The number of aryl methyl sites for hydroxylation is 2. The first-order valence-electron chi connectivity index (χ1n) is 8.80. The van der Waals surface area contributed by atoms with Gasteiger partial charge >= 0.3 is 0 Å². The molecule has 0 saturated heterocycles. The van der Waals surface area contributed by atoms with E-state index in [4.69, 9.17) is 9.72 Å². The molecule has 0 unspecified atom stereocenters. The number of carbonyl (C=O) groups is 1. The lowest BCUT2D eigenvalue weighted by atomic mass is 10.1. The number of hydrogen-bond acceptors (Lipinski definition) is 4. The number of ether oxygens (including phenoxy) is 1. The summed E-state index contributed by atoms with van der Waals surface area (Å²) in [6.45, 7) is 2.42. The number of benzene rings is 1. The van der Waals surface area contributed by atoms with Crippen LogP contribution in [0.2, 0.25) is 0 Å². The summed E-state index contributed by atoms with van der Waals surface area (Å²) in [4.78, 5) is 17.8. The van der Waals surface area contributed by atoms with Gasteiger partial charge in [0, 0.05) is 31.5 Å². The van der Waals surface area contributed by atoms with Crippen molar-refractivity contribution in [3.8, 4) is 0 Å². The molecule has 26 heavy (non-hydrogen) atoms. The van der Waals surface area contributed by atoms with Crippen molar-refractivity contribution in [2.24, 2.45) is 7.05 Å². The molecule has 0 radical (unpaired) electrons. The maximum Gasteiger partial charge on any atom is 0.256 e. The zero-order chi connectivity index (χ0) is 18.3. The molecule has 6 heteroatoms. The lowest BCUT2D eigenvalue weighted by molar-refractivity contribution is 0.102. The first-order valence-corrected chi connectivity index (χ1v) is 8.80. The first-order chi connectivity index (χ1) is 12.6. The number of anilines is 1. The highest BCUT2D eigenvalue weighted by Crippen LogP contribution is 2.40. The monoisotopic (exact) mass is 350 g/mol. The van der Waals surface area contributed by atoms with E-state index in [1.54, 1.807) is 11.8 Å². The quantitative estimate of drug-likeness (QED) is 0.764. The summed E-state index contributed by atoms with van der Waals surface area (Å²) < 4.78 is 6.92. The van der Waals surface area contributed by atoms with E-state index in [0.29, 0.717) is 18.1 Å². The number of rotatable bonds is 5. The van der Waals surface area contributed by atoms with E-state index in [9.17, 15) is 4.79 Å². The fourth-order valence-electron chi connectivity index (χ4n) is 3.34. The van der Waals surface area contributed by atoms with Crippen LogP contribution in [0, 0.1) is 6.92 Å². The highest BCUT2D eigenvalue weighted by Gasteiger charge is 2.28. The van der Waals surface area contributed by atoms with Crippen LogP contribution < -0.4 is 5.32 Å². The van der Waals surface area contributed by atoms with Crippen LogP contribution in [-0.4, -0.2) is 27.8 Å². The number of methoxy groups -OCH3 is 1. The molecule has 6 nitrogen and oxygen atoms in total. The van der Waals surface area contributed by atoms with Gasteiger partial charge in [0.25, 0.3) is 5.91 Å². The fraction of sp³-hybridized carbons (Fsp3) is 0.350. The van der Waals surface area contributed by atoms with Crippen molar-refractivity contribution in [2.45, 2.75) is 32.3 Å². The number of nitrogens with zero attached hydrogens (tertiary/aromatic N) is 3. The molecule has 2 heterocycles. The largest absolute Gasteiger partial charge is 0.380 e. The molecule has 1 aliphatic carbocycles. The Morgan fingerprint density at radius 1 is 1.35 bits per heavy atom. The Morgan fingerprint density at radius 2 is 2.15 bits per heavy atom. The van der Waals surface area contributed by atoms with E-state index in [1.165, 1.54) is 0 Å². The van der Waals surface area contributed by atoms with Gasteiger partial charge in [0.05, 0.1) is 23.3 Å². The predicted octanol–water partition coefficient (Wildman–Crippen LogP) is 3.55. The molecule has 1 saturated carbocycles. The van der Waals surface area contributed by atoms with Crippen LogP contribution in [-0.2, 0) is 18.4 Å². The van der Waals surface area contributed by atoms with Crippen LogP contribution >= 0.6 is 0 Å². The molecule has 4 rings (SSSR count). The zero-order valence-electron chi connectivity index (χ0n) is 15.2. The number of pyridine rings is 1. The Labute approximate surface area is 152 Å². The van der Waals surface area contributed by atoms with E-state index in [0.717, 1.165) is 46.5 Å². The van der Waals surface area contributed by atoms with Crippen molar-refractivity contribution >= 4 is 22.6 Å². The molecular weight excluding hydrogens is 328 g/mol. The molecule has 3 aromatic rings. The number of amides is 1. The molecule has 1 aliphatic rings. The van der Waals surface area contributed by atoms with Crippen molar-refractivity contribution in [3.63, 3.8) is 0 Å². The maximum absolute atomic E-state index is 13.0. The summed E-state index contributed by atoms with van der Waals surface area (Å²) in [5, 5.41) is 8.29. The van der Waals surface area contributed by atoms with E-state index in [-0.39, 0.29) is 5.91 Å². The Kier molecular flexibility index (Phi) is 4.20. The van der Waals surface area contributed by atoms with E-state index < -0.39 is 0 Å². The molecule has 0 bridgehead atoms. The second-order valence-corrected chi connectivity index (χ2v) is 6.86. The van der Waals surface area contributed by atoms with Crippen LogP contribution in [0.25, 0.3) is 11.0 Å². The third kappa shape index (κ3) is 3.08. The third-order valence-corrected chi connectivity index (χ3v) is 4.72. The molecule has 0 aliphatic heterocycles. The Hall–Kier alpha value is -2.73. The molecular formula is C20H22N4O2. The van der Waals surface area contributed by atoms with Crippen LogP contribution in [0.15, 0.2) is 30.3 Å². The number of carbonyl (C=O) groups excluding carboxylic acids is 1. The zero-order valence-corrected chi connectivity index (χ0v) is 15.2. The normalized spacial score (nSPS) is 14.0. The minimum Gasteiger partial charge on any atom is -0.380 e. The Morgan fingerprint density at radius 3 is 2.88 bits per heavy atom. The highest BCUT2D eigenvalue weighted by molar-refractivity contribution is 6.12. The minimum atomic E-state index is -0.134. The van der Waals surface area contributed by atoms with Gasteiger partial charge in [-0.2, -0.15) is 5.10 Å². The van der Waals surface area contributed by atoms with Gasteiger partial charge in [-0.15, -0.1) is 0 Å². The fourth-order valence-corrected chi connectivity index (χ4v) is 3.34. The maximum atomic E-state index is 13.0. The van der Waals surface area contributed by atoms with Gasteiger partial charge < -0.3 is 10.1 Å². The standard InChI is InChI=1S/C20H22N4O2/c1-12-18-16(10-17(14-7-8-14)22-19(18)24(2)23-12)20(25)21-15-6-4-5-13(9-15)11-26-3/h4-6,9-10,14H,7-8,11H2,1-3H3,(H,21,25). The van der Waals surface area contributed by atoms with Crippen molar-refractivity contribution in [1.29, 1.82) is 0 Å². The van der Waals surface area contributed by atoms with Crippen LogP contribution in [0.4, 0.5) is 5.69 Å². The number of nitrogens with one attached hydrogen (secondary N) is 1. The minimum absolute atomic E-state index is 0.134. The lowest BCUT2D eigenvalue weighted by Crippen LogP contribution is -2.14. The summed E-state index contributed by atoms with van der Waals surface area (Å²) in [7, 11) is 3.53. The van der Waals surface area contributed by atoms with E-state index >= 15 is 0 Å². The summed E-state index contributed by atoms with van der Waals surface area (Å²) >= 11 is 0. The topological polar surface area (TPSA) is 69.0 Å². The average molecular weight is 350 g/mol. The number of aromatic nitrogens is 3. The van der Waals surface area contributed by atoms with Gasteiger partial charge in [-0.05, 0) is 43.5 Å². The van der Waals surface area contributed by atoms with Gasteiger partial charge in [-0.3, -0.25) is 9.48 Å². The predicted molar refractivity (Wildman–Crippen MR) is 100 cm³/mol. The molecule has 0 atom stereocenters. The molecule has 1 fully saturated rings. The van der Waals surface area contributed by atoms with Crippen LogP contribution in [0.1, 0.15) is 46.1 Å². The third-order valence-electron chi connectivity index (χ3n) is 4.72. The summed E-state index contributed by atoms with van der Waals surface area (Å²) in [6, 6.07) is 9.63. The number of fused-ring (bicyclic) bond motifs is 1. The summed E-state index contributed by atoms with van der Waals surface area (Å²) in [6.07, 6.45) is 2.27. The SMILES string of the molecule is COCc1cccc(NC(=O)c2cc(C3CC3)nc3c2c(C)nn3C)c1. The summed E-state index contributed by atoms with van der Waals surface area (Å²) in [5.41, 5.74) is 4.98. The van der Waals surface area contributed by atoms with E-state index in [1.807, 2.05) is 44.3 Å². The molecule has 134 valence electrons. The van der Waals surface area contributed by atoms with Crippen LogP contribution in [0.3, 0.4) is 0 Å². The lowest BCUT2D eigenvalue weighted by Gasteiger charge is -2.10. The van der Waals surface area contributed by atoms with Gasteiger partial charge in [0.2, 0.25) is 0 Å². The van der Waals surface area contributed by atoms with Gasteiger partial charge in [0.1, 0.15) is 0 Å². The van der Waals surface area contributed by atoms with Crippen molar-refractivity contribution in [3.05, 3.63) is 52.8 Å². The van der Waals surface area contributed by atoms with Gasteiger partial charge in [-0.25, -0.2) is 4.98 Å². The first kappa shape index (κ1) is 16.7. The summed E-state index contributed by atoms with van der Waals surface area (Å²) in [5.74, 6) is 0.330. The second-order valence-electron chi connectivity index (χ2n) is 6.86. The molecule has 1 N–H and O–H groups in total.